The van der Waals surface area contributed by atoms with Crippen molar-refractivity contribution in [1.29, 1.82) is 0 Å². The van der Waals surface area contributed by atoms with E-state index >= 15 is 0 Å². The van der Waals surface area contributed by atoms with Gasteiger partial charge in [-0.1, -0.05) is 26.2 Å². The number of rotatable bonds is 5. The van der Waals surface area contributed by atoms with Crippen molar-refractivity contribution in [3.63, 3.8) is 0 Å². The molecular weight excluding hydrogens is 176 g/mol. The minimum atomic E-state index is -0.402. The van der Waals surface area contributed by atoms with E-state index in [1.807, 2.05) is 6.92 Å². The maximum absolute atomic E-state index is 10.4. The molecule has 2 nitrogen and oxygen atoms in total. The molecule has 1 atom stereocenters. The molecule has 0 heterocycles. The van der Waals surface area contributed by atoms with E-state index in [4.69, 9.17) is 0 Å². The normalized spacial score (nSPS) is 23.0. The first kappa shape index (κ1) is 11.7. The Kier molecular flexibility index (Phi) is 4.59. The van der Waals surface area contributed by atoms with Crippen LogP contribution >= 0.6 is 0 Å². The minimum Gasteiger partial charge on any atom is -0.390 e. The van der Waals surface area contributed by atoms with Crippen LogP contribution in [0, 0.1) is 5.92 Å². The molecule has 2 heteroatoms. The van der Waals surface area contributed by atoms with Crippen LogP contribution in [0.1, 0.15) is 58.3 Å². The highest BCUT2D eigenvalue weighted by Gasteiger charge is 2.28. The third kappa shape index (κ3) is 3.79. The molecule has 0 radical (unpaired) electrons. The van der Waals surface area contributed by atoms with Crippen molar-refractivity contribution in [3.05, 3.63) is 0 Å². The number of hydrogen-bond donors (Lipinski definition) is 1. The number of hydrogen-bond acceptors (Lipinski definition) is 2. The summed E-state index contributed by atoms with van der Waals surface area (Å²) in [5, 5.41) is 10.2. The second kappa shape index (κ2) is 5.50. The predicted molar refractivity (Wildman–Crippen MR) is 57.1 cm³/mol. The molecule has 0 amide bonds. The average molecular weight is 198 g/mol. The highest BCUT2D eigenvalue weighted by molar-refractivity contribution is 5.52. The molecule has 1 rings (SSSR count). The first-order valence-electron chi connectivity index (χ1n) is 5.84. The standard InChI is InChI=1S/C12H22O2/c1-11(10-13)6-5-9-12(14)7-3-2-4-8-12/h10-11,14H,2-9H2,1H3. The van der Waals surface area contributed by atoms with Crippen molar-refractivity contribution in [1.82, 2.24) is 0 Å². The first-order valence-corrected chi connectivity index (χ1v) is 5.84. The summed E-state index contributed by atoms with van der Waals surface area (Å²) in [6, 6.07) is 0. The van der Waals surface area contributed by atoms with Crippen molar-refractivity contribution >= 4 is 6.29 Å². The molecule has 1 N–H and O–H groups in total. The molecule has 1 fully saturated rings. The van der Waals surface area contributed by atoms with Crippen LogP contribution in [0.5, 0.6) is 0 Å². The Morgan fingerprint density at radius 1 is 1.36 bits per heavy atom. The fourth-order valence-electron chi connectivity index (χ4n) is 2.28. The zero-order valence-corrected chi connectivity index (χ0v) is 9.17. The molecule has 0 aromatic heterocycles. The van der Waals surface area contributed by atoms with Gasteiger partial charge in [0, 0.05) is 5.92 Å². The van der Waals surface area contributed by atoms with Crippen LogP contribution in [0.15, 0.2) is 0 Å². The largest absolute Gasteiger partial charge is 0.390 e. The second-order valence-corrected chi connectivity index (χ2v) is 4.79. The van der Waals surface area contributed by atoms with Gasteiger partial charge in [-0.15, -0.1) is 0 Å². The van der Waals surface area contributed by atoms with Gasteiger partial charge in [-0.2, -0.15) is 0 Å². The summed E-state index contributed by atoms with van der Waals surface area (Å²) in [5.74, 6) is 0.155. The molecule has 0 bridgehead atoms. The molecule has 0 spiro atoms. The van der Waals surface area contributed by atoms with Gasteiger partial charge < -0.3 is 9.90 Å². The molecule has 0 aliphatic heterocycles. The van der Waals surface area contributed by atoms with E-state index < -0.39 is 5.60 Å². The van der Waals surface area contributed by atoms with E-state index in [0.29, 0.717) is 0 Å². The van der Waals surface area contributed by atoms with E-state index in [0.717, 1.165) is 38.4 Å². The summed E-state index contributed by atoms with van der Waals surface area (Å²) in [6.45, 7) is 1.94. The maximum atomic E-state index is 10.4. The van der Waals surface area contributed by atoms with Gasteiger partial charge >= 0.3 is 0 Å². The van der Waals surface area contributed by atoms with Gasteiger partial charge in [-0.05, 0) is 32.1 Å². The SMILES string of the molecule is CC(C=O)CCCC1(O)CCCCC1. The van der Waals surface area contributed by atoms with Gasteiger partial charge in [-0.25, -0.2) is 0 Å². The van der Waals surface area contributed by atoms with E-state index in [1.165, 1.54) is 19.3 Å². The predicted octanol–water partition coefficient (Wildman–Crippen LogP) is 2.69. The quantitative estimate of drug-likeness (QED) is 0.690. The highest BCUT2D eigenvalue weighted by Crippen LogP contribution is 2.32. The second-order valence-electron chi connectivity index (χ2n) is 4.79. The lowest BCUT2D eigenvalue weighted by Crippen LogP contribution is -2.31. The lowest BCUT2D eigenvalue weighted by atomic mass is 9.81. The fraction of sp³-hybridized carbons (Fsp3) is 0.917. The van der Waals surface area contributed by atoms with Crippen molar-refractivity contribution in [2.24, 2.45) is 5.92 Å². The van der Waals surface area contributed by atoms with Crippen molar-refractivity contribution in [2.75, 3.05) is 0 Å². The Balaban J connectivity index is 2.18. The van der Waals surface area contributed by atoms with Crippen LogP contribution in [0.3, 0.4) is 0 Å². The number of carbonyl (C=O) groups excluding carboxylic acids is 1. The molecule has 0 aromatic carbocycles. The molecule has 1 aliphatic rings. The van der Waals surface area contributed by atoms with Crippen molar-refractivity contribution in [3.8, 4) is 0 Å². The summed E-state index contributed by atoms with van der Waals surface area (Å²) in [7, 11) is 0. The van der Waals surface area contributed by atoms with Crippen LogP contribution in [0.4, 0.5) is 0 Å². The van der Waals surface area contributed by atoms with Crippen LogP contribution in [-0.4, -0.2) is 17.0 Å². The zero-order valence-electron chi connectivity index (χ0n) is 9.17. The average Bonchev–Trinajstić information content (AvgIpc) is 2.18. The van der Waals surface area contributed by atoms with Gasteiger partial charge in [0.2, 0.25) is 0 Å². The molecular formula is C12H22O2. The molecule has 82 valence electrons. The van der Waals surface area contributed by atoms with E-state index in [9.17, 15) is 9.90 Å². The molecule has 0 saturated heterocycles. The molecule has 0 aromatic rings. The number of aldehydes is 1. The van der Waals surface area contributed by atoms with Crippen LogP contribution < -0.4 is 0 Å². The Labute approximate surface area is 86.7 Å². The fourth-order valence-corrected chi connectivity index (χ4v) is 2.28. The van der Waals surface area contributed by atoms with Gasteiger partial charge in [0.1, 0.15) is 6.29 Å². The first-order chi connectivity index (χ1) is 6.66. The van der Waals surface area contributed by atoms with Crippen molar-refractivity contribution < 1.29 is 9.90 Å². The van der Waals surface area contributed by atoms with Gasteiger partial charge in [0.15, 0.2) is 0 Å². The molecule has 1 unspecified atom stereocenters. The Bertz CT molecular complexity index is 171. The summed E-state index contributed by atoms with van der Waals surface area (Å²) >= 11 is 0. The lowest BCUT2D eigenvalue weighted by Gasteiger charge is -2.32. The van der Waals surface area contributed by atoms with E-state index in [2.05, 4.69) is 0 Å². The third-order valence-electron chi connectivity index (χ3n) is 3.32. The maximum Gasteiger partial charge on any atom is 0.122 e. The van der Waals surface area contributed by atoms with E-state index in [1.54, 1.807) is 0 Å². The molecule has 1 aliphatic carbocycles. The van der Waals surface area contributed by atoms with Crippen LogP contribution in [0.25, 0.3) is 0 Å². The molecule has 1 saturated carbocycles. The summed E-state index contributed by atoms with van der Waals surface area (Å²) < 4.78 is 0. The summed E-state index contributed by atoms with van der Waals surface area (Å²) in [4.78, 5) is 10.4. The minimum absolute atomic E-state index is 0.155. The van der Waals surface area contributed by atoms with E-state index in [-0.39, 0.29) is 5.92 Å². The Morgan fingerprint density at radius 3 is 2.57 bits per heavy atom. The summed E-state index contributed by atoms with van der Waals surface area (Å²) in [6.07, 6.45) is 9.32. The van der Waals surface area contributed by atoms with Gasteiger partial charge in [0.25, 0.3) is 0 Å². The summed E-state index contributed by atoms with van der Waals surface area (Å²) in [5.41, 5.74) is -0.402. The monoisotopic (exact) mass is 198 g/mol. The topological polar surface area (TPSA) is 37.3 Å². The lowest BCUT2D eigenvalue weighted by molar-refractivity contribution is -0.111. The number of aliphatic hydroxyl groups is 1. The van der Waals surface area contributed by atoms with Crippen LogP contribution in [-0.2, 0) is 4.79 Å². The Morgan fingerprint density at radius 2 is 2.00 bits per heavy atom. The smallest absolute Gasteiger partial charge is 0.122 e. The van der Waals surface area contributed by atoms with Gasteiger partial charge in [-0.3, -0.25) is 0 Å². The third-order valence-corrected chi connectivity index (χ3v) is 3.32. The zero-order chi connectivity index (χ0) is 10.4. The van der Waals surface area contributed by atoms with Crippen LogP contribution in [0.2, 0.25) is 0 Å². The number of carbonyl (C=O) groups is 1. The Hall–Kier alpha value is -0.370. The van der Waals surface area contributed by atoms with Crippen molar-refractivity contribution in [2.45, 2.75) is 63.9 Å². The van der Waals surface area contributed by atoms with Gasteiger partial charge in [0.05, 0.1) is 5.60 Å². The molecule has 14 heavy (non-hydrogen) atoms. The highest BCUT2D eigenvalue weighted by atomic mass is 16.3.